The summed E-state index contributed by atoms with van der Waals surface area (Å²) in [6, 6.07) is 5.03. The number of carbonyl (C=O) groups excluding carboxylic acids is 3. The van der Waals surface area contributed by atoms with Crippen LogP contribution in [0.25, 0.3) is 10.8 Å². The molecule has 1 saturated heterocycles. The smallest absolute Gasteiger partial charge is 0.255 e. The van der Waals surface area contributed by atoms with Crippen molar-refractivity contribution >= 4 is 28.2 Å². The zero-order chi connectivity index (χ0) is 31.1. The molecule has 0 radical (unpaired) electrons. The van der Waals surface area contributed by atoms with Gasteiger partial charge in [-0.3, -0.25) is 19.3 Å². The number of ether oxygens (including phenoxy) is 2. The van der Waals surface area contributed by atoms with Gasteiger partial charge in [-0.25, -0.2) is 0 Å². The molecule has 5 aliphatic rings. The monoisotopic (exact) mass is 605 g/mol. The molecule has 12 nitrogen and oxygen atoms in total. The van der Waals surface area contributed by atoms with Crippen LogP contribution in [0.2, 0.25) is 0 Å². The molecular formula is C32H35N3O9. The Morgan fingerprint density at radius 3 is 2.55 bits per heavy atom. The molecule has 4 atom stereocenters. The molecule has 1 amide bonds. The second-order valence-electron chi connectivity index (χ2n) is 12.4. The highest BCUT2D eigenvalue weighted by molar-refractivity contribution is 6.25. The fourth-order valence-corrected chi connectivity index (χ4v) is 7.70. The van der Waals surface area contributed by atoms with Crippen molar-refractivity contribution < 1.29 is 44.3 Å². The van der Waals surface area contributed by atoms with Crippen molar-refractivity contribution in [3.63, 3.8) is 0 Å². The maximum atomic E-state index is 14.2. The third-order valence-electron chi connectivity index (χ3n) is 9.97. The first kappa shape index (κ1) is 28.8. The zero-order valence-corrected chi connectivity index (χ0v) is 24.3. The number of benzene rings is 2. The molecule has 44 heavy (non-hydrogen) atoms. The van der Waals surface area contributed by atoms with Crippen molar-refractivity contribution in [1.82, 2.24) is 10.2 Å². The molecule has 12 heteroatoms. The van der Waals surface area contributed by atoms with Crippen LogP contribution >= 0.6 is 0 Å². The van der Waals surface area contributed by atoms with Crippen molar-refractivity contribution in [3.8, 4) is 11.5 Å². The maximum Gasteiger partial charge on any atom is 0.255 e. The lowest BCUT2D eigenvalue weighted by Crippen LogP contribution is -2.65. The van der Waals surface area contributed by atoms with Gasteiger partial charge >= 0.3 is 0 Å². The Kier molecular flexibility index (Phi) is 6.74. The summed E-state index contributed by atoms with van der Waals surface area (Å²) in [6.07, 6.45) is 2.40. The Bertz CT molecular complexity index is 1690. The van der Waals surface area contributed by atoms with Crippen LogP contribution in [0.1, 0.15) is 40.7 Å². The first-order valence-electron chi connectivity index (χ1n) is 15.0. The second kappa shape index (κ2) is 10.3. The number of phenols is 1. The highest BCUT2D eigenvalue weighted by atomic mass is 16.5. The van der Waals surface area contributed by atoms with Crippen LogP contribution in [-0.2, 0) is 27.3 Å². The van der Waals surface area contributed by atoms with E-state index in [1.807, 2.05) is 12.1 Å². The summed E-state index contributed by atoms with van der Waals surface area (Å²) in [7, 11) is 1.49. The van der Waals surface area contributed by atoms with Gasteiger partial charge in [0.1, 0.15) is 28.6 Å². The third-order valence-corrected chi connectivity index (χ3v) is 9.97. The normalized spacial score (nSPS) is 29.0. The Labute approximate surface area is 252 Å². The van der Waals surface area contributed by atoms with E-state index in [0.717, 1.165) is 18.4 Å². The van der Waals surface area contributed by atoms with Gasteiger partial charge in [0.05, 0.1) is 31.9 Å². The Morgan fingerprint density at radius 1 is 1.16 bits per heavy atom. The number of Topliss-reactive ketones (excluding diaryl/α,β-unsaturated/α-hetero) is 2. The number of nitrogens with two attached hydrogens (primary N) is 1. The summed E-state index contributed by atoms with van der Waals surface area (Å²) in [5.41, 5.74) is 3.09. The molecule has 7 rings (SSSR count). The summed E-state index contributed by atoms with van der Waals surface area (Å²) in [5, 5.41) is 51.0. The molecule has 1 aliphatic heterocycles. The first-order valence-corrected chi connectivity index (χ1v) is 15.0. The number of hydrogen-bond donors (Lipinski definition) is 6. The van der Waals surface area contributed by atoms with E-state index in [-0.39, 0.29) is 29.7 Å². The van der Waals surface area contributed by atoms with Crippen molar-refractivity contribution in [3.05, 3.63) is 57.6 Å². The Hall–Kier alpha value is -3.97. The number of primary amides is 1. The topological polar surface area (TPSA) is 192 Å². The van der Waals surface area contributed by atoms with Crippen LogP contribution < -0.4 is 15.8 Å². The van der Waals surface area contributed by atoms with E-state index in [2.05, 4.69) is 5.32 Å². The van der Waals surface area contributed by atoms with Crippen LogP contribution in [0.3, 0.4) is 0 Å². The Balaban J connectivity index is 1.38. The largest absolute Gasteiger partial charge is 0.510 e. The lowest BCUT2D eigenvalue weighted by Gasteiger charge is -2.51. The van der Waals surface area contributed by atoms with Gasteiger partial charge in [-0.2, -0.15) is 0 Å². The summed E-state index contributed by atoms with van der Waals surface area (Å²) in [5.74, 6) is -6.35. The predicted molar refractivity (Wildman–Crippen MR) is 156 cm³/mol. The second-order valence-corrected chi connectivity index (χ2v) is 12.4. The average molecular weight is 606 g/mol. The predicted octanol–water partition coefficient (Wildman–Crippen LogP) is 1.31. The van der Waals surface area contributed by atoms with E-state index in [4.69, 9.17) is 15.2 Å². The molecule has 4 aliphatic carbocycles. The molecule has 2 aromatic carbocycles. The standard InChI is InChI=1S/C32H35N3O9/c1-43-28-17-5-2-14(13-34-16-3-4-16)10-18(17)25(36)22-19(28)11-15-12-20-24(35-6-8-44-9-7-35)27(38)23(31(33)41)30(40)32(20,42)29(39)21(15)26(22)37/h2,5,10,15-16,20,24,34,36,38-39,42H,3-4,6-9,11-13H2,1H3,(H2,33,41)/t15-,20-,24-,32-/m0/s1. The molecule has 0 bridgehead atoms. The molecule has 0 spiro atoms. The van der Waals surface area contributed by atoms with E-state index in [0.29, 0.717) is 61.0 Å². The molecule has 1 saturated carbocycles. The molecule has 0 unspecified atom stereocenters. The van der Waals surface area contributed by atoms with E-state index < -0.39 is 58.0 Å². The minimum Gasteiger partial charge on any atom is -0.510 e. The summed E-state index contributed by atoms with van der Waals surface area (Å²) in [4.78, 5) is 42.1. The van der Waals surface area contributed by atoms with Crippen LogP contribution in [0.5, 0.6) is 11.5 Å². The molecule has 2 fully saturated rings. The van der Waals surface area contributed by atoms with Gasteiger partial charge in [-0.05, 0) is 43.2 Å². The minimum absolute atomic E-state index is 0.0126. The van der Waals surface area contributed by atoms with Gasteiger partial charge < -0.3 is 41.0 Å². The number of carbonyl (C=O) groups is 3. The van der Waals surface area contributed by atoms with Crippen LogP contribution in [-0.4, -0.2) is 93.9 Å². The van der Waals surface area contributed by atoms with Crippen LogP contribution in [0, 0.1) is 11.8 Å². The minimum atomic E-state index is -2.70. The lowest BCUT2D eigenvalue weighted by molar-refractivity contribution is -0.151. The number of nitrogens with zero attached hydrogens (tertiary/aromatic N) is 1. The summed E-state index contributed by atoms with van der Waals surface area (Å²) >= 11 is 0. The van der Waals surface area contributed by atoms with Gasteiger partial charge in [0, 0.05) is 53.5 Å². The number of fused-ring (bicyclic) bond motifs is 4. The van der Waals surface area contributed by atoms with E-state index in [1.165, 1.54) is 7.11 Å². The lowest BCUT2D eigenvalue weighted by atomic mass is 9.58. The fourth-order valence-electron chi connectivity index (χ4n) is 7.70. The first-order chi connectivity index (χ1) is 21.1. The number of methoxy groups -OCH3 is 1. The van der Waals surface area contributed by atoms with Crippen molar-refractivity contribution in [2.24, 2.45) is 17.6 Å². The molecule has 7 N–H and O–H groups in total. The third kappa shape index (κ3) is 4.08. The SMILES string of the molecule is COc1c2c(c(O)c3cc(CNC4CC4)ccc13)C(=O)C1=C(O)[C@]3(O)C(=O)C(C(N)=O)=C(O)[C@@H](N4CCOCC4)[C@@H]3C[C@@H]1C2. The number of allylic oxidation sites excluding steroid dienone is 1. The van der Waals surface area contributed by atoms with E-state index >= 15 is 0 Å². The van der Waals surface area contributed by atoms with Gasteiger partial charge in [-0.1, -0.05) is 12.1 Å². The molecule has 2 aromatic rings. The van der Waals surface area contributed by atoms with Crippen molar-refractivity contribution in [1.29, 1.82) is 0 Å². The van der Waals surface area contributed by atoms with Crippen molar-refractivity contribution in [2.75, 3.05) is 33.4 Å². The highest BCUT2D eigenvalue weighted by Crippen LogP contribution is 2.54. The van der Waals surface area contributed by atoms with Gasteiger partial charge in [-0.15, -0.1) is 0 Å². The number of amides is 1. The molecule has 232 valence electrons. The number of aliphatic hydroxyl groups is 3. The average Bonchev–Trinajstić information content (AvgIpc) is 3.83. The Morgan fingerprint density at radius 2 is 1.89 bits per heavy atom. The summed E-state index contributed by atoms with van der Waals surface area (Å²) < 4.78 is 11.3. The number of aliphatic hydroxyl groups excluding tert-OH is 2. The number of phenolic OH excluding ortho intramolecular Hbond substituents is 1. The van der Waals surface area contributed by atoms with E-state index in [9.17, 15) is 34.8 Å². The number of ketones is 2. The highest BCUT2D eigenvalue weighted by Gasteiger charge is 2.64. The van der Waals surface area contributed by atoms with Gasteiger partial charge in [0.15, 0.2) is 11.4 Å². The molecule has 0 aromatic heterocycles. The zero-order valence-electron chi connectivity index (χ0n) is 24.3. The van der Waals surface area contributed by atoms with Crippen LogP contribution in [0.15, 0.2) is 40.9 Å². The van der Waals surface area contributed by atoms with E-state index in [1.54, 1.807) is 11.0 Å². The van der Waals surface area contributed by atoms with Gasteiger partial charge in [0.2, 0.25) is 5.78 Å². The fraction of sp³-hybridized carbons (Fsp3) is 0.469. The molecular weight excluding hydrogens is 570 g/mol. The van der Waals surface area contributed by atoms with Crippen molar-refractivity contribution in [2.45, 2.75) is 49.9 Å². The number of aromatic hydroxyl groups is 1. The number of nitrogens with one attached hydrogen (secondary N) is 1. The summed E-state index contributed by atoms with van der Waals surface area (Å²) in [6.45, 7) is 1.89. The number of rotatable bonds is 6. The van der Waals surface area contributed by atoms with Crippen LogP contribution in [0.4, 0.5) is 0 Å². The number of hydrogen-bond acceptors (Lipinski definition) is 11. The number of morpholine rings is 1. The molecule has 1 heterocycles. The quantitative estimate of drug-likeness (QED) is 0.260. The maximum absolute atomic E-state index is 14.2. The van der Waals surface area contributed by atoms with Gasteiger partial charge in [0.25, 0.3) is 5.91 Å².